The van der Waals surface area contributed by atoms with Crippen LogP contribution in [0.4, 0.5) is 5.69 Å². The van der Waals surface area contributed by atoms with Crippen molar-refractivity contribution in [1.82, 2.24) is 9.78 Å². The molecule has 2 aliphatic rings. The summed E-state index contributed by atoms with van der Waals surface area (Å²) in [5.74, 6) is 2.37. The van der Waals surface area contributed by atoms with Crippen LogP contribution in [0, 0.1) is 0 Å². The van der Waals surface area contributed by atoms with Gasteiger partial charge in [-0.2, -0.15) is 16.9 Å². The normalized spacial score (nSPS) is 30.2. The number of rotatable bonds is 3. The zero-order valence-corrected chi connectivity index (χ0v) is 13.3. The molecule has 1 aromatic heterocycles. The molecule has 3 heterocycles. The average Bonchev–Trinajstić information content (AvgIpc) is 3.03. The second-order valence-corrected chi connectivity index (χ2v) is 7.04. The quantitative estimate of drug-likeness (QED) is 0.931. The van der Waals surface area contributed by atoms with Crippen LogP contribution in [-0.2, 0) is 17.6 Å². The summed E-state index contributed by atoms with van der Waals surface area (Å²) in [6.45, 7) is 5.15. The molecule has 2 saturated heterocycles. The highest BCUT2D eigenvalue weighted by Crippen LogP contribution is 2.42. The first kappa shape index (κ1) is 14.3. The van der Waals surface area contributed by atoms with Crippen LogP contribution in [0.5, 0.6) is 0 Å². The Bertz CT molecular complexity index is 480. The molecular formula is C15H25N3OS. The molecule has 4 nitrogen and oxygen atoms in total. The minimum absolute atomic E-state index is 0.103. The molecule has 1 aromatic rings. The fraction of sp³-hybridized carbons (Fsp3) is 0.800. The summed E-state index contributed by atoms with van der Waals surface area (Å²) in [6, 6.07) is 0.458. The number of hydrogen-bond acceptors (Lipinski definition) is 4. The van der Waals surface area contributed by atoms with Crippen LogP contribution in [0.15, 0.2) is 0 Å². The van der Waals surface area contributed by atoms with Gasteiger partial charge in [0.1, 0.15) is 0 Å². The molecule has 20 heavy (non-hydrogen) atoms. The fourth-order valence-corrected chi connectivity index (χ4v) is 4.90. The van der Waals surface area contributed by atoms with Gasteiger partial charge in [-0.05, 0) is 37.9 Å². The molecule has 1 spiro atoms. The maximum Gasteiger partial charge on any atom is 0.0854 e. The topological polar surface area (TPSA) is 53.1 Å². The maximum atomic E-state index is 6.26. The van der Waals surface area contributed by atoms with Crippen molar-refractivity contribution in [2.45, 2.75) is 57.6 Å². The number of ether oxygens (including phenoxy) is 1. The van der Waals surface area contributed by atoms with E-state index in [0.717, 1.165) is 49.4 Å². The Balaban J connectivity index is 1.88. The van der Waals surface area contributed by atoms with Crippen molar-refractivity contribution in [3.8, 4) is 0 Å². The second-order valence-electron chi connectivity index (χ2n) is 5.94. The van der Waals surface area contributed by atoms with Crippen molar-refractivity contribution in [2.24, 2.45) is 0 Å². The lowest BCUT2D eigenvalue weighted by molar-refractivity contribution is -0.0781. The summed E-state index contributed by atoms with van der Waals surface area (Å²) >= 11 is 2.02. The number of aryl methyl sites for hydroxylation is 1. The minimum atomic E-state index is 0.103. The van der Waals surface area contributed by atoms with E-state index >= 15 is 0 Å². The molecular weight excluding hydrogens is 270 g/mol. The van der Waals surface area contributed by atoms with Gasteiger partial charge < -0.3 is 10.5 Å². The molecule has 0 saturated carbocycles. The van der Waals surface area contributed by atoms with Gasteiger partial charge in [-0.1, -0.05) is 13.8 Å². The van der Waals surface area contributed by atoms with Gasteiger partial charge in [0.25, 0.3) is 0 Å². The van der Waals surface area contributed by atoms with E-state index in [1.54, 1.807) is 0 Å². The molecule has 0 amide bonds. The summed E-state index contributed by atoms with van der Waals surface area (Å²) in [4.78, 5) is 0. The van der Waals surface area contributed by atoms with Gasteiger partial charge in [0.2, 0.25) is 0 Å². The number of thioether (sulfide) groups is 1. The number of anilines is 1. The van der Waals surface area contributed by atoms with Crippen LogP contribution in [0.1, 0.15) is 50.5 Å². The van der Waals surface area contributed by atoms with Crippen LogP contribution >= 0.6 is 11.8 Å². The molecule has 112 valence electrons. The summed E-state index contributed by atoms with van der Waals surface area (Å²) in [7, 11) is 0. The van der Waals surface area contributed by atoms with E-state index in [-0.39, 0.29) is 5.60 Å². The zero-order valence-electron chi connectivity index (χ0n) is 12.5. The SMILES string of the molecule is CCc1nn(C2CCOC3(CCSC3)C2)c(CC)c1N. The standard InChI is InChI=1S/C15H25N3OS/c1-3-12-14(16)13(4-2)18(17-12)11-5-7-19-15(9-11)6-8-20-10-15/h11H,3-10,16H2,1-2H3. The molecule has 0 aliphatic carbocycles. The lowest BCUT2D eigenvalue weighted by Gasteiger charge is -2.38. The number of hydrogen-bond donors (Lipinski definition) is 1. The zero-order chi connectivity index (χ0) is 14.2. The van der Waals surface area contributed by atoms with Gasteiger partial charge in [-0.3, -0.25) is 4.68 Å². The molecule has 0 radical (unpaired) electrons. The van der Waals surface area contributed by atoms with Crippen LogP contribution in [0.3, 0.4) is 0 Å². The van der Waals surface area contributed by atoms with Crippen LogP contribution < -0.4 is 5.73 Å². The van der Waals surface area contributed by atoms with Crippen LogP contribution in [0.2, 0.25) is 0 Å². The average molecular weight is 295 g/mol. The summed E-state index contributed by atoms with van der Waals surface area (Å²) in [5.41, 5.74) is 9.55. The molecule has 0 aromatic carbocycles. The summed E-state index contributed by atoms with van der Waals surface area (Å²) in [6.07, 6.45) is 5.21. The molecule has 2 unspecified atom stereocenters. The monoisotopic (exact) mass is 295 g/mol. The highest BCUT2D eigenvalue weighted by molar-refractivity contribution is 7.99. The van der Waals surface area contributed by atoms with Crippen molar-refractivity contribution in [3.05, 3.63) is 11.4 Å². The van der Waals surface area contributed by atoms with E-state index in [2.05, 4.69) is 18.5 Å². The minimum Gasteiger partial charge on any atom is -0.396 e. The highest BCUT2D eigenvalue weighted by atomic mass is 32.2. The molecule has 2 N–H and O–H groups in total. The number of nitrogens with two attached hydrogens (primary N) is 1. The Morgan fingerprint density at radius 3 is 2.95 bits per heavy atom. The van der Waals surface area contributed by atoms with Crippen molar-refractivity contribution in [3.63, 3.8) is 0 Å². The van der Waals surface area contributed by atoms with E-state index < -0.39 is 0 Å². The number of nitrogen functional groups attached to an aromatic ring is 1. The molecule has 0 bridgehead atoms. The lowest BCUT2D eigenvalue weighted by Crippen LogP contribution is -2.41. The Labute approximate surface area is 125 Å². The fourth-order valence-electron chi connectivity index (χ4n) is 3.52. The molecule has 2 atom stereocenters. The summed E-state index contributed by atoms with van der Waals surface area (Å²) in [5, 5.41) is 4.81. The van der Waals surface area contributed by atoms with Gasteiger partial charge in [0.05, 0.1) is 28.7 Å². The first-order chi connectivity index (χ1) is 9.69. The predicted octanol–water partition coefficient (Wildman–Crippen LogP) is 2.82. The van der Waals surface area contributed by atoms with Crippen molar-refractivity contribution < 1.29 is 4.74 Å². The van der Waals surface area contributed by atoms with E-state index in [1.165, 1.54) is 17.9 Å². The smallest absolute Gasteiger partial charge is 0.0854 e. The number of nitrogens with zero attached hydrogens (tertiary/aromatic N) is 2. The molecule has 2 aliphatic heterocycles. The summed E-state index contributed by atoms with van der Waals surface area (Å²) < 4.78 is 8.35. The van der Waals surface area contributed by atoms with E-state index in [0.29, 0.717) is 6.04 Å². The third-order valence-corrected chi connectivity index (χ3v) is 5.90. The van der Waals surface area contributed by atoms with Crippen LogP contribution in [0.25, 0.3) is 0 Å². The highest BCUT2D eigenvalue weighted by Gasteiger charge is 2.41. The third kappa shape index (κ3) is 2.35. The lowest BCUT2D eigenvalue weighted by atomic mass is 9.90. The van der Waals surface area contributed by atoms with Crippen molar-refractivity contribution in [2.75, 3.05) is 23.8 Å². The van der Waals surface area contributed by atoms with Gasteiger partial charge in [-0.15, -0.1) is 0 Å². The second kappa shape index (κ2) is 5.60. The van der Waals surface area contributed by atoms with E-state index in [4.69, 9.17) is 15.6 Å². The Kier molecular flexibility index (Phi) is 4.00. The first-order valence-corrected chi connectivity index (χ1v) is 8.92. The largest absolute Gasteiger partial charge is 0.396 e. The van der Waals surface area contributed by atoms with Crippen molar-refractivity contribution >= 4 is 17.4 Å². The van der Waals surface area contributed by atoms with E-state index in [1.807, 2.05) is 11.8 Å². The van der Waals surface area contributed by atoms with Gasteiger partial charge in [0, 0.05) is 12.4 Å². The van der Waals surface area contributed by atoms with E-state index in [9.17, 15) is 0 Å². The van der Waals surface area contributed by atoms with Gasteiger partial charge >= 0.3 is 0 Å². The Hall–Kier alpha value is -0.680. The van der Waals surface area contributed by atoms with Gasteiger partial charge in [-0.25, -0.2) is 0 Å². The Morgan fingerprint density at radius 1 is 1.45 bits per heavy atom. The number of aromatic nitrogens is 2. The molecule has 5 heteroatoms. The predicted molar refractivity (Wildman–Crippen MR) is 84.3 cm³/mol. The van der Waals surface area contributed by atoms with Crippen LogP contribution in [-0.4, -0.2) is 33.5 Å². The first-order valence-electron chi connectivity index (χ1n) is 7.76. The molecule has 3 rings (SSSR count). The van der Waals surface area contributed by atoms with Gasteiger partial charge in [0.15, 0.2) is 0 Å². The Morgan fingerprint density at radius 2 is 2.30 bits per heavy atom. The van der Waals surface area contributed by atoms with Crippen molar-refractivity contribution in [1.29, 1.82) is 0 Å². The molecule has 2 fully saturated rings. The maximum absolute atomic E-state index is 6.26. The third-order valence-electron chi connectivity index (χ3n) is 4.68.